The van der Waals surface area contributed by atoms with Crippen LogP contribution in [0.1, 0.15) is 51.6 Å². The minimum absolute atomic E-state index is 0.357. The predicted molar refractivity (Wildman–Crippen MR) is 80.8 cm³/mol. The molecule has 2 N–H and O–H groups in total. The van der Waals surface area contributed by atoms with Crippen LogP contribution in [0.4, 0.5) is 0 Å². The van der Waals surface area contributed by atoms with Gasteiger partial charge in [0, 0.05) is 13.0 Å². The van der Waals surface area contributed by atoms with E-state index >= 15 is 0 Å². The van der Waals surface area contributed by atoms with Gasteiger partial charge < -0.3 is 5.73 Å². The van der Waals surface area contributed by atoms with Gasteiger partial charge in [-0.2, -0.15) is 0 Å². The lowest BCUT2D eigenvalue weighted by atomic mass is 9.65. The normalized spacial score (nSPS) is 28.6. The standard InChI is InChI=1S/C14H25BrN4/c1-14(2,3)10-6-5-9(8-16)11(7-10)12-13(15)17-18-19(12)4/h9-11H,5-8,16H2,1-4H3. The Bertz CT molecular complexity index is 416. The molecule has 1 aromatic heterocycles. The minimum Gasteiger partial charge on any atom is -0.330 e. The number of hydrogen-bond donors (Lipinski definition) is 1. The Hall–Kier alpha value is -0.420. The largest absolute Gasteiger partial charge is 0.330 e. The van der Waals surface area contributed by atoms with Crippen LogP contribution in [0.5, 0.6) is 0 Å². The van der Waals surface area contributed by atoms with Gasteiger partial charge in [0.25, 0.3) is 0 Å². The summed E-state index contributed by atoms with van der Waals surface area (Å²) in [5.74, 6) is 1.76. The molecule has 0 aliphatic heterocycles. The molecular formula is C14H25BrN4. The Morgan fingerprint density at radius 3 is 2.53 bits per heavy atom. The summed E-state index contributed by atoms with van der Waals surface area (Å²) in [4.78, 5) is 0. The van der Waals surface area contributed by atoms with Crippen molar-refractivity contribution in [3.05, 3.63) is 10.3 Å². The highest BCUT2D eigenvalue weighted by Gasteiger charge is 2.38. The second-order valence-electron chi connectivity index (χ2n) is 6.87. The predicted octanol–water partition coefficient (Wildman–Crippen LogP) is 3.08. The average molecular weight is 329 g/mol. The van der Waals surface area contributed by atoms with Crippen LogP contribution in [0.3, 0.4) is 0 Å². The molecule has 19 heavy (non-hydrogen) atoms. The van der Waals surface area contributed by atoms with E-state index in [-0.39, 0.29) is 0 Å². The fourth-order valence-corrected chi connectivity index (χ4v) is 3.99. The molecule has 0 saturated heterocycles. The molecule has 1 saturated carbocycles. The number of aryl methyl sites for hydroxylation is 1. The summed E-state index contributed by atoms with van der Waals surface area (Å²) in [5, 5.41) is 8.26. The molecule has 108 valence electrons. The van der Waals surface area contributed by atoms with Crippen LogP contribution in [-0.4, -0.2) is 21.5 Å². The first-order chi connectivity index (χ1) is 8.84. The molecule has 3 unspecified atom stereocenters. The van der Waals surface area contributed by atoms with Crippen LogP contribution < -0.4 is 5.73 Å². The quantitative estimate of drug-likeness (QED) is 0.907. The highest BCUT2D eigenvalue weighted by Crippen LogP contribution is 2.47. The summed E-state index contributed by atoms with van der Waals surface area (Å²) in [5.41, 5.74) is 7.56. The van der Waals surface area contributed by atoms with Crippen LogP contribution in [0, 0.1) is 17.3 Å². The Morgan fingerprint density at radius 1 is 1.37 bits per heavy atom. The lowest BCUT2D eigenvalue weighted by molar-refractivity contribution is 0.130. The van der Waals surface area contributed by atoms with Gasteiger partial charge in [-0.25, -0.2) is 0 Å². The van der Waals surface area contributed by atoms with E-state index in [1.165, 1.54) is 25.0 Å². The minimum atomic E-state index is 0.357. The van der Waals surface area contributed by atoms with E-state index in [0.29, 0.717) is 17.3 Å². The number of halogens is 1. The SMILES string of the molecule is Cn1nnc(Br)c1C1CC(C(C)(C)C)CCC1CN. The van der Waals surface area contributed by atoms with Crippen molar-refractivity contribution in [1.82, 2.24) is 15.0 Å². The summed E-state index contributed by atoms with van der Waals surface area (Å²) in [7, 11) is 1.97. The first-order valence-electron chi connectivity index (χ1n) is 7.09. The third-order valence-electron chi connectivity index (χ3n) is 4.70. The number of aromatic nitrogens is 3. The van der Waals surface area contributed by atoms with Crippen LogP contribution in [-0.2, 0) is 7.05 Å². The smallest absolute Gasteiger partial charge is 0.151 e. The summed E-state index contributed by atoms with van der Waals surface area (Å²) in [6, 6.07) is 0. The third-order valence-corrected chi connectivity index (χ3v) is 5.26. The van der Waals surface area contributed by atoms with Crippen LogP contribution in [0.15, 0.2) is 4.60 Å². The lowest BCUT2D eigenvalue weighted by Crippen LogP contribution is -2.34. The highest BCUT2D eigenvalue weighted by atomic mass is 79.9. The van der Waals surface area contributed by atoms with E-state index in [1.807, 2.05) is 11.7 Å². The molecule has 0 aromatic carbocycles. The molecule has 0 spiro atoms. The molecule has 1 fully saturated rings. The molecule has 1 heterocycles. The molecular weight excluding hydrogens is 304 g/mol. The Kier molecular flexibility index (Phi) is 4.35. The highest BCUT2D eigenvalue weighted by molar-refractivity contribution is 9.10. The summed E-state index contributed by atoms with van der Waals surface area (Å²) in [6.07, 6.45) is 3.68. The molecule has 1 aliphatic carbocycles. The van der Waals surface area contributed by atoms with Gasteiger partial charge in [-0.1, -0.05) is 26.0 Å². The van der Waals surface area contributed by atoms with Crippen molar-refractivity contribution < 1.29 is 0 Å². The molecule has 1 aromatic rings. The van der Waals surface area contributed by atoms with E-state index in [1.54, 1.807) is 0 Å². The van der Waals surface area contributed by atoms with Crippen molar-refractivity contribution in [3.8, 4) is 0 Å². The Morgan fingerprint density at radius 2 is 2.05 bits per heavy atom. The second-order valence-corrected chi connectivity index (χ2v) is 7.62. The van der Waals surface area contributed by atoms with Crippen molar-refractivity contribution in [3.63, 3.8) is 0 Å². The fourth-order valence-electron chi connectivity index (χ4n) is 3.37. The van der Waals surface area contributed by atoms with E-state index in [0.717, 1.165) is 17.1 Å². The van der Waals surface area contributed by atoms with Gasteiger partial charge in [-0.3, -0.25) is 4.68 Å². The average Bonchev–Trinajstić information content (AvgIpc) is 2.67. The van der Waals surface area contributed by atoms with Gasteiger partial charge in [0.05, 0.1) is 5.69 Å². The second kappa shape index (κ2) is 5.52. The van der Waals surface area contributed by atoms with Gasteiger partial charge in [0.15, 0.2) is 4.60 Å². The van der Waals surface area contributed by atoms with Gasteiger partial charge in [0.2, 0.25) is 0 Å². The van der Waals surface area contributed by atoms with Gasteiger partial charge in [0.1, 0.15) is 0 Å². The maximum Gasteiger partial charge on any atom is 0.151 e. The molecule has 5 heteroatoms. The number of hydrogen-bond acceptors (Lipinski definition) is 3. The number of rotatable bonds is 2. The fraction of sp³-hybridized carbons (Fsp3) is 0.857. The molecule has 1 aliphatic rings. The zero-order valence-corrected chi connectivity index (χ0v) is 13.9. The van der Waals surface area contributed by atoms with Crippen molar-refractivity contribution in [2.45, 2.75) is 46.0 Å². The van der Waals surface area contributed by atoms with Crippen LogP contribution in [0.25, 0.3) is 0 Å². The topological polar surface area (TPSA) is 56.7 Å². The zero-order valence-electron chi connectivity index (χ0n) is 12.4. The maximum atomic E-state index is 5.99. The van der Waals surface area contributed by atoms with E-state index in [2.05, 4.69) is 47.0 Å². The first-order valence-corrected chi connectivity index (χ1v) is 7.89. The summed E-state index contributed by atoms with van der Waals surface area (Å²) < 4.78 is 2.79. The maximum absolute atomic E-state index is 5.99. The number of nitrogens with zero attached hydrogens (tertiary/aromatic N) is 3. The Balaban J connectivity index is 2.29. The van der Waals surface area contributed by atoms with Crippen molar-refractivity contribution in [2.75, 3.05) is 6.54 Å². The van der Waals surface area contributed by atoms with E-state index < -0.39 is 0 Å². The zero-order chi connectivity index (χ0) is 14.2. The van der Waals surface area contributed by atoms with E-state index in [9.17, 15) is 0 Å². The van der Waals surface area contributed by atoms with Gasteiger partial charge in [-0.15, -0.1) is 5.10 Å². The summed E-state index contributed by atoms with van der Waals surface area (Å²) >= 11 is 3.54. The van der Waals surface area contributed by atoms with Gasteiger partial charge in [-0.05, 0) is 59.0 Å². The molecule has 2 rings (SSSR count). The molecule has 0 bridgehead atoms. The third kappa shape index (κ3) is 3.02. The monoisotopic (exact) mass is 328 g/mol. The summed E-state index contributed by atoms with van der Waals surface area (Å²) in [6.45, 7) is 7.77. The van der Waals surface area contributed by atoms with E-state index in [4.69, 9.17) is 5.73 Å². The number of nitrogens with two attached hydrogens (primary N) is 1. The molecule has 3 atom stereocenters. The first kappa shape index (κ1) is 15.0. The molecule has 0 amide bonds. The molecule has 0 radical (unpaired) electrons. The van der Waals surface area contributed by atoms with Crippen molar-refractivity contribution >= 4 is 15.9 Å². The lowest BCUT2D eigenvalue weighted by Gasteiger charge is -2.41. The molecule has 4 nitrogen and oxygen atoms in total. The van der Waals surface area contributed by atoms with Crippen molar-refractivity contribution in [1.29, 1.82) is 0 Å². The van der Waals surface area contributed by atoms with Crippen molar-refractivity contribution in [2.24, 2.45) is 30.0 Å². The van der Waals surface area contributed by atoms with Gasteiger partial charge >= 0.3 is 0 Å². The van der Waals surface area contributed by atoms with Crippen LogP contribution in [0.2, 0.25) is 0 Å². The van der Waals surface area contributed by atoms with Crippen LogP contribution >= 0.6 is 15.9 Å². The Labute approximate surface area is 124 Å².